The van der Waals surface area contributed by atoms with Crippen molar-refractivity contribution in [3.05, 3.63) is 29.8 Å². The van der Waals surface area contributed by atoms with Crippen LogP contribution in [0, 0.1) is 0 Å². The molecule has 0 saturated carbocycles. The van der Waals surface area contributed by atoms with Crippen LogP contribution in [0.2, 0.25) is 0 Å². The van der Waals surface area contributed by atoms with E-state index in [1.54, 1.807) is 0 Å². The van der Waals surface area contributed by atoms with Crippen LogP contribution in [0.5, 0.6) is 0 Å². The largest absolute Gasteiger partial charge is 0.465 e. The van der Waals surface area contributed by atoms with Gasteiger partial charge in [-0.25, -0.2) is 4.79 Å². The molecule has 0 fully saturated rings. The molecule has 2 N–H and O–H groups in total. The van der Waals surface area contributed by atoms with E-state index in [0.29, 0.717) is 11.3 Å². The fourth-order valence-corrected chi connectivity index (χ4v) is 1.42. The van der Waals surface area contributed by atoms with Crippen LogP contribution in [0.15, 0.2) is 24.3 Å². The summed E-state index contributed by atoms with van der Waals surface area (Å²) in [5.41, 5.74) is 0.725. The number of methoxy groups -OCH3 is 1. The predicted molar refractivity (Wildman–Crippen MR) is 71.1 cm³/mol. The third kappa shape index (κ3) is 4.06. The van der Waals surface area contributed by atoms with E-state index in [4.69, 9.17) is 5.11 Å². The lowest BCUT2D eigenvalue weighted by Gasteiger charge is -2.14. The highest BCUT2D eigenvalue weighted by Gasteiger charge is 2.18. The minimum absolute atomic E-state index is 0.0769. The number of rotatable bonds is 4. The molecule has 1 aromatic carbocycles. The van der Waals surface area contributed by atoms with Crippen molar-refractivity contribution in [2.75, 3.05) is 32.6 Å². The molecule has 0 radical (unpaired) electrons. The van der Waals surface area contributed by atoms with Gasteiger partial charge in [-0.1, -0.05) is 0 Å². The van der Waals surface area contributed by atoms with Crippen molar-refractivity contribution in [3.8, 4) is 0 Å². The monoisotopic (exact) mass is 280 g/mol. The van der Waals surface area contributed by atoms with E-state index >= 15 is 0 Å². The average molecular weight is 280 g/mol. The van der Waals surface area contributed by atoms with Crippen LogP contribution in [0.3, 0.4) is 0 Å². The molecule has 0 aliphatic heterocycles. The number of hydrogen-bond donors (Lipinski definition) is 2. The Morgan fingerprint density at radius 2 is 1.85 bits per heavy atom. The van der Waals surface area contributed by atoms with Crippen molar-refractivity contribution in [2.24, 2.45) is 0 Å². The molecule has 7 nitrogen and oxygen atoms in total. The van der Waals surface area contributed by atoms with E-state index in [9.17, 15) is 14.4 Å². The van der Waals surface area contributed by atoms with Gasteiger partial charge in [0.25, 0.3) is 0 Å². The first-order valence-corrected chi connectivity index (χ1v) is 5.85. The maximum atomic E-state index is 11.6. The number of carbonyl (C=O) groups is 3. The summed E-state index contributed by atoms with van der Waals surface area (Å²) in [6.07, 6.45) is 0. The summed E-state index contributed by atoms with van der Waals surface area (Å²) in [5.74, 6) is -2.05. The van der Waals surface area contributed by atoms with Gasteiger partial charge in [-0.3, -0.25) is 9.59 Å². The number of amides is 2. The zero-order chi connectivity index (χ0) is 15.1. The Labute approximate surface area is 116 Å². The zero-order valence-corrected chi connectivity index (χ0v) is 11.3. The second-order valence-electron chi connectivity index (χ2n) is 3.97. The van der Waals surface area contributed by atoms with Crippen molar-refractivity contribution in [3.63, 3.8) is 0 Å². The summed E-state index contributed by atoms with van der Waals surface area (Å²) in [6, 6.07) is 5.93. The second-order valence-corrected chi connectivity index (χ2v) is 3.97. The number of anilines is 1. The van der Waals surface area contributed by atoms with Gasteiger partial charge in [0, 0.05) is 19.3 Å². The van der Waals surface area contributed by atoms with Crippen molar-refractivity contribution < 1.29 is 24.2 Å². The third-order valence-electron chi connectivity index (χ3n) is 2.54. The van der Waals surface area contributed by atoms with Gasteiger partial charge in [-0.05, 0) is 24.3 Å². The molecule has 0 unspecified atom stereocenters. The van der Waals surface area contributed by atoms with E-state index in [-0.39, 0.29) is 13.2 Å². The summed E-state index contributed by atoms with van der Waals surface area (Å²) in [5, 5.41) is 11.1. The fraction of sp³-hybridized carbons (Fsp3) is 0.308. The van der Waals surface area contributed by atoms with Gasteiger partial charge >= 0.3 is 17.8 Å². The quantitative estimate of drug-likeness (QED) is 0.591. The molecule has 0 spiro atoms. The Hall–Kier alpha value is -2.41. The lowest BCUT2D eigenvalue weighted by atomic mass is 10.2. The number of nitrogens with zero attached hydrogens (tertiary/aromatic N) is 1. The maximum Gasteiger partial charge on any atom is 0.337 e. The molecule has 0 bridgehead atoms. The van der Waals surface area contributed by atoms with Crippen LogP contribution in [0.25, 0.3) is 0 Å². The van der Waals surface area contributed by atoms with Gasteiger partial charge in [0.2, 0.25) is 0 Å². The van der Waals surface area contributed by atoms with Crippen molar-refractivity contribution >= 4 is 23.5 Å². The molecule has 0 aromatic heterocycles. The van der Waals surface area contributed by atoms with Gasteiger partial charge in [0.1, 0.15) is 0 Å². The fourth-order valence-electron chi connectivity index (χ4n) is 1.42. The molecule has 2 amide bonds. The lowest BCUT2D eigenvalue weighted by molar-refractivity contribution is -0.142. The summed E-state index contributed by atoms with van der Waals surface area (Å²) < 4.78 is 4.54. The van der Waals surface area contributed by atoms with Gasteiger partial charge in [-0.2, -0.15) is 0 Å². The number of nitrogens with one attached hydrogen (secondary N) is 1. The van der Waals surface area contributed by atoms with Crippen LogP contribution in [-0.4, -0.2) is 55.1 Å². The maximum absolute atomic E-state index is 11.6. The minimum Gasteiger partial charge on any atom is -0.465 e. The minimum atomic E-state index is -0.813. The molecule has 0 atom stereocenters. The molecule has 0 heterocycles. The predicted octanol–water partition coefficient (Wildman–Crippen LogP) is -0.138. The average Bonchev–Trinajstić information content (AvgIpc) is 2.46. The van der Waals surface area contributed by atoms with Crippen molar-refractivity contribution in [2.45, 2.75) is 0 Å². The third-order valence-corrected chi connectivity index (χ3v) is 2.54. The topological polar surface area (TPSA) is 95.9 Å². The molecule has 1 aromatic rings. The highest BCUT2D eigenvalue weighted by atomic mass is 16.5. The first-order chi connectivity index (χ1) is 9.49. The summed E-state index contributed by atoms with van der Waals surface area (Å²) in [4.78, 5) is 35.5. The molecular formula is C13H16N2O5. The molecule has 20 heavy (non-hydrogen) atoms. The van der Waals surface area contributed by atoms with E-state index < -0.39 is 17.8 Å². The normalized spacial score (nSPS) is 9.75. The zero-order valence-electron chi connectivity index (χ0n) is 11.3. The first-order valence-electron chi connectivity index (χ1n) is 5.85. The van der Waals surface area contributed by atoms with E-state index in [1.807, 2.05) is 0 Å². The Bertz CT molecular complexity index is 498. The summed E-state index contributed by atoms with van der Waals surface area (Å²) in [7, 11) is 2.69. The van der Waals surface area contributed by atoms with E-state index in [1.165, 1.54) is 38.4 Å². The number of aliphatic hydroxyl groups is 1. The Kier molecular flexibility index (Phi) is 5.67. The van der Waals surface area contributed by atoms with Crippen LogP contribution in [0.4, 0.5) is 5.69 Å². The molecule has 0 aliphatic rings. The lowest BCUT2D eigenvalue weighted by Crippen LogP contribution is -2.38. The standard InChI is InChI=1S/C13H16N2O5/c1-15(7-8-16)12(18)11(17)14-10-5-3-9(4-6-10)13(19)20-2/h3-6,16H,7-8H2,1-2H3,(H,14,17). The number of likely N-dealkylation sites (N-methyl/N-ethyl adjacent to an activating group) is 1. The summed E-state index contributed by atoms with van der Waals surface area (Å²) in [6.45, 7) is -0.142. The highest BCUT2D eigenvalue weighted by Crippen LogP contribution is 2.10. The van der Waals surface area contributed by atoms with Gasteiger partial charge in [0.15, 0.2) is 0 Å². The molecule has 1 rings (SSSR count). The Morgan fingerprint density at radius 3 is 2.35 bits per heavy atom. The van der Waals surface area contributed by atoms with Crippen LogP contribution < -0.4 is 5.32 Å². The molecular weight excluding hydrogens is 264 g/mol. The molecule has 0 saturated heterocycles. The molecule has 108 valence electrons. The smallest absolute Gasteiger partial charge is 0.337 e. The summed E-state index contributed by atoms with van der Waals surface area (Å²) >= 11 is 0. The number of ether oxygens (including phenoxy) is 1. The van der Waals surface area contributed by atoms with Gasteiger partial charge in [0.05, 0.1) is 19.3 Å². The van der Waals surface area contributed by atoms with E-state index in [2.05, 4.69) is 10.1 Å². The number of benzene rings is 1. The van der Waals surface area contributed by atoms with E-state index in [0.717, 1.165) is 4.90 Å². The Balaban J connectivity index is 2.67. The van der Waals surface area contributed by atoms with Crippen LogP contribution >= 0.6 is 0 Å². The van der Waals surface area contributed by atoms with Crippen LogP contribution in [0.1, 0.15) is 10.4 Å². The van der Waals surface area contributed by atoms with Gasteiger partial charge < -0.3 is 20.1 Å². The van der Waals surface area contributed by atoms with Gasteiger partial charge in [-0.15, -0.1) is 0 Å². The first kappa shape index (κ1) is 15.6. The van der Waals surface area contributed by atoms with Crippen molar-refractivity contribution in [1.29, 1.82) is 0 Å². The number of aliphatic hydroxyl groups excluding tert-OH is 1. The SMILES string of the molecule is COC(=O)c1ccc(NC(=O)C(=O)N(C)CCO)cc1. The number of hydrogen-bond acceptors (Lipinski definition) is 5. The van der Waals surface area contributed by atoms with Crippen LogP contribution in [-0.2, 0) is 14.3 Å². The number of carbonyl (C=O) groups excluding carboxylic acids is 3. The number of esters is 1. The second kappa shape index (κ2) is 7.25. The highest BCUT2D eigenvalue weighted by molar-refractivity contribution is 6.39. The molecule has 7 heteroatoms. The Morgan fingerprint density at radius 1 is 1.25 bits per heavy atom. The molecule has 0 aliphatic carbocycles. The van der Waals surface area contributed by atoms with Crippen molar-refractivity contribution in [1.82, 2.24) is 4.90 Å².